The number of H-pyrrole nitrogens is 1. The maximum atomic E-state index is 4.31. The van der Waals surface area contributed by atoms with Crippen molar-refractivity contribution in [1.82, 2.24) is 15.5 Å². The van der Waals surface area contributed by atoms with Crippen molar-refractivity contribution in [3.8, 4) is 0 Å². The van der Waals surface area contributed by atoms with Gasteiger partial charge in [-0.25, -0.2) is 0 Å². The van der Waals surface area contributed by atoms with Crippen molar-refractivity contribution in [2.75, 3.05) is 0 Å². The van der Waals surface area contributed by atoms with Gasteiger partial charge in [0.1, 0.15) is 0 Å². The summed E-state index contributed by atoms with van der Waals surface area (Å²) in [4.78, 5) is 0. The molecule has 0 spiro atoms. The van der Waals surface area contributed by atoms with Gasteiger partial charge in [-0.3, -0.25) is 5.10 Å². The third-order valence-corrected chi connectivity index (χ3v) is 2.24. The van der Waals surface area contributed by atoms with Crippen molar-refractivity contribution in [2.45, 2.75) is 33.4 Å². The molecule has 1 aliphatic rings. The van der Waals surface area contributed by atoms with Crippen LogP contribution in [0.3, 0.4) is 0 Å². The molecule has 3 nitrogen and oxygen atoms in total. The van der Waals surface area contributed by atoms with Crippen molar-refractivity contribution < 1.29 is 0 Å². The van der Waals surface area contributed by atoms with Crippen LogP contribution in [0.15, 0.2) is 0 Å². The van der Waals surface area contributed by atoms with Gasteiger partial charge in [-0.15, -0.1) is 0 Å². The Labute approximate surface area is 72.6 Å². The van der Waals surface area contributed by atoms with E-state index in [0.717, 1.165) is 19.5 Å². The summed E-state index contributed by atoms with van der Waals surface area (Å²) in [5.74, 6) is 0.693. The lowest BCUT2D eigenvalue weighted by atomic mass is 10.0. The van der Waals surface area contributed by atoms with E-state index in [9.17, 15) is 0 Å². The molecule has 0 aliphatic carbocycles. The van der Waals surface area contributed by atoms with Gasteiger partial charge in [0.2, 0.25) is 0 Å². The highest BCUT2D eigenvalue weighted by molar-refractivity contribution is 5.28. The number of nitrogens with one attached hydrogen (secondary N) is 2. The molecule has 0 unspecified atom stereocenters. The van der Waals surface area contributed by atoms with E-state index in [-0.39, 0.29) is 0 Å². The normalized spacial score (nSPS) is 15.6. The fraction of sp³-hybridized carbons (Fsp3) is 0.667. The Morgan fingerprint density at radius 1 is 1.42 bits per heavy atom. The molecule has 0 bridgehead atoms. The van der Waals surface area contributed by atoms with E-state index < -0.39 is 0 Å². The smallest absolute Gasteiger partial charge is 0.0673 e. The topological polar surface area (TPSA) is 40.7 Å². The molecule has 2 N–H and O–H groups in total. The molecule has 1 aromatic heterocycles. The fourth-order valence-corrected chi connectivity index (χ4v) is 1.67. The molecule has 2 rings (SSSR count). The van der Waals surface area contributed by atoms with Gasteiger partial charge >= 0.3 is 0 Å². The number of aromatic amines is 1. The maximum Gasteiger partial charge on any atom is 0.0673 e. The Balaban J connectivity index is 2.22. The highest BCUT2D eigenvalue weighted by Gasteiger charge is 2.17. The number of fused-ring (bicyclic) bond motifs is 1. The quantitative estimate of drug-likeness (QED) is 0.691. The molecule has 1 aromatic rings. The first-order valence-corrected chi connectivity index (χ1v) is 4.53. The van der Waals surface area contributed by atoms with Crippen LogP contribution < -0.4 is 5.32 Å². The zero-order chi connectivity index (χ0) is 8.55. The number of hydrogen-bond donors (Lipinski definition) is 2. The van der Waals surface area contributed by atoms with Crippen molar-refractivity contribution in [2.24, 2.45) is 5.92 Å². The molecule has 2 heterocycles. The molecular formula is C9H15N3. The molecule has 0 aromatic carbocycles. The fourth-order valence-electron chi connectivity index (χ4n) is 1.67. The Morgan fingerprint density at radius 2 is 2.25 bits per heavy atom. The highest BCUT2D eigenvalue weighted by atomic mass is 15.2. The minimum Gasteiger partial charge on any atom is -0.307 e. The molecule has 1 aliphatic heterocycles. The predicted octanol–water partition coefficient (Wildman–Crippen LogP) is 1.21. The summed E-state index contributed by atoms with van der Waals surface area (Å²) in [6.45, 7) is 6.40. The molecule has 3 heteroatoms. The minimum absolute atomic E-state index is 0.693. The van der Waals surface area contributed by atoms with Crippen LogP contribution >= 0.6 is 0 Å². The van der Waals surface area contributed by atoms with Crippen LogP contribution in [0.2, 0.25) is 0 Å². The number of rotatable bonds is 2. The van der Waals surface area contributed by atoms with Crippen LogP contribution in [0.4, 0.5) is 0 Å². The molecule has 0 amide bonds. The standard InChI is InChI=1S/C9H15N3/c1-6(2)3-8-7-4-10-5-9(7)12-11-8/h6,10H,3-5H2,1-2H3,(H,11,12). The van der Waals surface area contributed by atoms with E-state index in [4.69, 9.17) is 0 Å². The van der Waals surface area contributed by atoms with E-state index in [1.54, 1.807) is 0 Å². The van der Waals surface area contributed by atoms with Gasteiger partial charge < -0.3 is 5.32 Å². The van der Waals surface area contributed by atoms with E-state index in [1.807, 2.05) is 0 Å². The predicted molar refractivity (Wildman–Crippen MR) is 47.7 cm³/mol. The zero-order valence-corrected chi connectivity index (χ0v) is 7.65. The van der Waals surface area contributed by atoms with Gasteiger partial charge in [-0.2, -0.15) is 5.10 Å². The Hall–Kier alpha value is -0.830. The van der Waals surface area contributed by atoms with Gasteiger partial charge in [0.25, 0.3) is 0 Å². The van der Waals surface area contributed by atoms with Crippen molar-refractivity contribution in [3.05, 3.63) is 17.0 Å². The molecule has 0 radical (unpaired) electrons. The summed E-state index contributed by atoms with van der Waals surface area (Å²) >= 11 is 0. The van der Waals surface area contributed by atoms with Crippen LogP contribution in [0.5, 0.6) is 0 Å². The Morgan fingerprint density at radius 3 is 3.00 bits per heavy atom. The second-order valence-electron chi connectivity index (χ2n) is 3.83. The van der Waals surface area contributed by atoms with Crippen LogP contribution in [-0.2, 0) is 19.5 Å². The lowest BCUT2D eigenvalue weighted by Gasteiger charge is -2.01. The van der Waals surface area contributed by atoms with Crippen LogP contribution in [0, 0.1) is 5.92 Å². The highest BCUT2D eigenvalue weighted by Crippen LogP contribution is 2.18. The largest absolute Gasteiger partial charge is 0.307 e. The van der Waals surface area contributed by atoms with E-state index in [2.05, 4.69) is 29.4 Å². The number of nitrogens with zero attached hydrogens (tertiary/aromatic N) is 1. The summed E-state index contributed by atoms with van der Waals surface area (Å²) in [6.07, 6.45) is 1.09. The van der Waals surface area contributed by atoms with Gasteiger partial charge in [0, 0.05) is 18.7 Å². The zero-order valence-electron chi connectivity index (χ0n) is 7.65. The van der Waals surface area contributed by atoms with Gasteiger partial charge in [0.15, 0.2) is 0 Å². The van der Waals surface area contributed by atoms with E-state index in [0.29, 0.717) is 5.92 Å². The molecule has 0 fully saturated rings. The first-order valence-electron chi connectivity index (χ1n) is 4.53. The third-order valence-electron chi connectivity index (χ3n) is 2.24. The van der Waals surface area contributed by atoms with Crippen LogP contribution in [0.1, 0.15) is 30.8 Å². The molecule has 12 heavy (non-hydrogen) atoms. The maximum absolute atomic E-state index is 4.31. The molecule has 0 atom stereocenters. The molecule has 66 valence electrons. The SMILES string of the molecule is CC(C)Cc1n[nH]c2c1CNC2. The summed E-state index contributed by atoms with van der Waals surface area (Å²) in [7, 11) is 0. The molecule has 0 saturated heterocycles. The van der Waals surface area contributed by atoms with Crippen LogP contribution in [0.25, 0.3) is 0 Å². The first-order chi connectivity index (χ1) is 5.77. The Kier molecular flexibility index (Phi) is 1.89. The lowest BCUT2D eigenvalue weighted by Crippen LogP contribution is -2.05. The number of aromatic nitrogens is 2. The summed E-state index contributed by atoms with van der Waals surface area (Å²) in [5.41, 5.74) is 3.94. The van der Waals surface area contributed by atoms with E-state index in [1.165, 1.54) is 17.0 Å². The second-order valence-corrected chi connectivity index (χ2v) is 3.83. The van der Waals surface area contributed by atoms with Gasteiger partial charge in [-0.1, -0.05) is 13.8 Å². The molecular weight excluding hydrogens is 150 g/mol. The minimum atomic E-state index is 0.693. The average molecular weight is 165 g/mol. The summed E-state index contributed by atoms with van der Waals surface area (Å²) < 4.78 is 0. The third kappa shape index (κ3) is 1.25. The van der Waals surface area contributed by atoms with Crippen molar-refractivity contribution >= 4 is 0 Å². The summed E-state index contributed by atoms with van der Waals surface area (Å²) in [5, 5.41) is 10.7. The first kappa shape index (κ1) is 7.80. The monoisotopic (exact) mass is 165 g/mol. The van der Waals surface area contributed by atoms with Crippen molar-refractivity contribution in [1.29, 1.82) is 0 Å². The lowest BCUT2D eigenvalue weighted by molar-refractivity contribution is 0.623. The summed E-state index contributed by atoms with van der Waals surface area (Å²) in [6, 6.07) is 0. The average Bonchev–Trinajstić information content (AvgIpc) is 2.52. The second kappa shape index (κ2) is 2.90. The Bertz CT molecular complexity index is 275. The van der Waals surface area contributed by atoms with E-state index >= 15 is 0 Å². The molecule has 0 saturated carbocycles. The number of hydrogen-bond acceptors (Lipinski definition) is 2. The van der Waals surface area contributed by atoms with Crippen LogP contribution in [-0.4, -0.2) is 10.2 Å². The van der Waals surface area contributed by atoms with Gasteiger partial charge in [0.05, 0.1) is 11.4 Å². The van der Waals surface area contributed by atoms with Gasteiger partial charge in [-0.05, 0) is 12.3 Å². The van der Waals surface area contributed by atoms with Crippen molar-refractivity contribution in [3.63, 3.8) is 0 Å².